The van der Waals surface area contributed by atoms with Gasteiger partial charge >= 0.3 is 4.87 Å². The summed E-state index contributed by atoms with van der Waals surface area (Å²) in [4.78, 5) is 26.4. The van der Waals surface area contributed by atoms with Crippen molar-refractivity contribution in [2.45, 2.75) is 17.9 Å². The molecule has 1 aliphatic heterocycles. The van der Waals surface area contributed by atoms with Crippen LogP contribution in [0.2, 0.25) is 0 Å². The number of carbonyl (C=O) groups is 1. The Morgan fingerprint density at radius 3 is 2.57 bits per heavy atom. The Morgan fingerprint density at radius 1 is 1.10 bits per heavy atom. The largest absolute Gasteiger partial charge is 0.378 e. The molecule has 8 nitrogen and oxygen atoms in total. The van der Waals surface area contributed by atoms with Crippen LogP contribution in [0.1, 0.15) is 6.42 Å². The first-order chi connectivity index (χ1) is 14.4. The van der Waals surface area contributed by atoms with Gasteiger partial charge < -0.3 is 9.64 Å². The molecule has 2 aromatic carbocycles. The Bertz CT molecular complexity index is 1210. The maximum absolute atomic E-state index is 12.7. The van der Waals surface area contributed by atoms with Gasteiger partial charge in [0.1, 0.15) is 0 Å². The maximum Gasteiger partial charge on any atom is 0.308 e. The third-order valence-corrected chi connectivity index (χ3v) is 7.21. The molecule has 1 saturated heterocycles. The van der Waals surface area contributed by atoms with Gasteiger partial charge in [-0.25, -0.2) is 8.42 Å². The zero-order valence-corrected chi connectivity index (χ0v) is 17.7. The quantitative estimate of drug-likeness (QED) is 0.624. The SMILES string of the molecule is O=C(CCn1c(=O)sc2cc(S(=O)(=O)Nc3ccccc3)ccc21)N1CCOCC1. The van der Waals surface area contributed by atoms with E-state index in [4.69, 9.17) is 4.74 Å². The number of benzene rings is 2. The predicted molar refractivity (Wildman–Crippen MR) is 115 cm³/mol. The Kier molecular flexibility index (Phi) is 5.89. The summed E-state index contributed by atoms with van der Waals surface area (Å²) in [6.45, 7) is 2.44. The Labute approximate surface area is 177 Å². The molecule has 158 valence electrons. The van der Waals surface area contributed by atoms with Gasteiger partial charge in [0.05, 0.1) is 28.3 Å². The van der Waals surface area contributed by atoms with Gasteiger partial charge in [0.25, 0.3) is 10.0 Å². The number of ether oxygens (including phenoxy) is 1. The Morgan fingerprint density at radius 2 is 1.83 bits per heavy atom. The number of thiazole rings is 1. The van der Waals surface area contributed by atoms with E-state index < -0.39 is 10.0 Å². The van der Waals surface area contributed by atoms with Crippen molar-refractivity contribution >= 4 is 43.2 Å². The number of anilines is 1. The van der Waals surface area contributed by atoms with Crippen LogP contribution in [0.15, 0.2) is 58.2 Å². The average Bonchev–Trinajstić information content (AvgIpc) is 3.07. The second-order valence-corrected chi connectivity index (χ2v) is 9.54. The van der Waals surface area contributed by atoms with E-state index >= 15 is 0 Å². The average molecular weight is 448 g/mol. The van der Waals surface area contributed by atoms with Crippen molar-refractivity contribution < 1.29 is 17.9 Å². The smallest absolute Gasteiger partial charge is 0.308 e. The summed E-state index contributed by atoms with van der Waals surface area (Å²) in [6.07, 6.45) is 0.210. The lowest BCUT2D eigenvalue weighted by atomic mass is 10.3. The highest BCUT2D eigenvalue weighted by Crippen LogP contribution is 2.24. The molecule has 1 aliphatic rings. The first kappa shape index (κ1) is 20.6. The molecule has 0 spiro atoms. The molecule has 1 fully saturated rings. The van der Waals surface area contributed by atoms with Crippen LogP contribution in [0.3, 0.4) is 0 Å². The van der Waals surface area contributed by atoms with Gasteiger partial charge in [-0.15, -0.1) is 0 Å². The molecule has 0 unspecified atom stereocenters. The van der Waals surface area contributed by atoms with Crippen molar-refractivity contribution in [3.05, 3.63) is 58.2 Å². The van der Waals surface area contributed by atoms with E-state index in [1.807, 2.05) is 0 Å². The summed E-state index contributed by atoms with van der Waals surface area (Å²) in [5.41, 5.74) is 1.09. The van der Waals surface area contributed by atoms with E-state index in [0.29, 0.717) is 42.2 Å². The molecule has 0 aliphatic carbocycles. The van der Waals surface area contributed by atoms with Crippen LogP contribution in [0.5, 0.6) is 0 Å². The monoisotopic (exact) mass is 447 g/mol. The lowest BCUT2D eigenvalue weighted by Crippen LogP contribution is -2.41. The van der Waals surface area contributed by atoms with Gasteiger partial charge in [-0.3, -0.25) is 18.9 Å². The van der Waals surface area contributed by atoms with Gasteiger partial charge in [-0.1, -0.05) is 29.5 Å². The van der Waals surface area contributed by atoms with Crippen molar-refractivity contribution in [2.24, 2.45) is 0 Å². The highest BCUT2D eigenvalue weighted by Gasteiger charge is 2.19. The number of nitrogens with zero attached hydrogens (tertiary/aromatic N) is 2. The van der Waals surface area contributed by atoms with Crippen molar-refractivity contribution in [2.75, 3.05) is 31.0 Å². The molecule has 2 heterocycles. The van der Waals surface area contributed by atoms with E-state index in [9.17, 15) is 18.0 Å². The molecule has 0 atom stereocenters. The third kappa shape index (κ3) is 4.40. The number of aromatic nitrogens is 1. The molecule has 1 amide bonds. The summed E-state index contributed by atoms with van der Waals surface area (Å²) in [5, 5.41) is 0. The second-order valence-electron chi connectivity index (χ2n) is 6.86. The van der Waals surface area contributed by atoms with Crippen molar-refractivity contribution in [3.8, 4) is 0 Å². The van der Waals surface area contributed by atoms with Gasteiger partial charge in [-0.05, 0) is 30.3 Å². The lowest BCUT2D eigenvalue weighted by Gasteiger charge is -2.26. The summed E-state index contributed by atoms with van der Waals surface area (Å²) >= 11 is 0.973. The van der Waals surface area contributed by atoms with Gasteiger partial charge in [0.15, 0.2) is 0 Å². The van der Waals surface area contributed by atoms with Crippen LogP contribution in [-0.2, 0) is 26.1 Å². The number of carbonyl (C=O) groups excluding carboxylic acids is 1. The number of hydrogen-bond donors (Lipinski definition) is 1. The number of amides is 1. The minimum atomic E-state index is -3.78. The topological polar surface area (TPSA) is 97.7 Å². The van der Waals surface area contributed by atoms with E-state index in [1.165, 1.54) is 16.7 Å². The number of nitrogens with one attached hydrogen (secondary N) is 1. The van der Waals surface area contributed by atoms with Crippen LogP contribution in [0, 0.1) is 0 Å². The van der Waals surface area contributed by atoms with Crippen LogP contribution in [0.4, 0.5) is 5.69 Å². The van der Waals surface area contributed by atoms with Crippen LogP contribution < -0.4 is 9.60 Å². The molecular weight excluding hydrogens is 426 g/mol. The molecule has 0 saturated carbocycles. The summed E-state index contributed by atoms with van der Waals surface area (Å²) in [7, 11) is -3.78. The Hall–Kier alpha value is -2.69. The standard InChI is InChI=1S/C20H21N3O5S2/c24-19(22-10-12-28-13-11-22)8-9-23-17-7-6-16(14-18(17)29-20(23)25)30(26,27)21-15-4-2-1-3-5-15/h1-7,14,21H,8-13H2. The molecule has 3 aromatic rings. The molecule has 4 rings (SSSR count). The highest BCUT2D eigenvalue weighted by atomic mass is 32.2. The molecular formula is C20H21N3O5S2. The number of para-hydroxylation sites is 1. The number of aryl methyl sites for hydroxylation is 1. The van der Waals surface area contributed by atoms with E-state index in [0.717, 1.165) is 11.3 Å². The van der Waals surface area contributed by atoms with Crippen molar-refractivity contribution in [1.29, 1.82) is 0 Å². The van der Waals surface area contributed by atoms with Gasteiger partial charge in [-0.2, -0.15) is 0 Å². The number of morpholine rings is 1. The zero-order valence-electron chi connectivity index (χ0n) is 16.1. The lowest BCUT2D eigenvalue weighted by molar-refractivity contribution is -0.135. The summed E-state index contributed by atoms with van der Waals surface area (Å²) in [5.74, 6) is -0.0178. The number of hydrogen-bond acceptors (Lipinski definition) is 6. The van der Waals surface area contributed by atoms with Crippen molar-refractivity contribution in [3.63, 3.8) is 0 Å². The van der Waals surface area contributed by atoms with Crippen molar-refractivity contribution in [1.82, 2.24) is 9.47 Å². The number of rotatable bonds is 6. The van der Waals surface area contributed by atoms with Crippen LogP contribution in [-0.4, -0.2) is 50.1 Å². The fourth-order valence-electron chi connectivity index (χ4n) is 3.32. The predicted octanol–water partition coefficient (Wildman–Crippen LogP) is 2.11. The molecule has 0 bridgehead atoms. The molecule has 1 aromatic heterocycles. The fraction of sp³-hybridized carbons (Fsp3) is 0.300. The normalized spacial score (nSPS) is 14.7. The van der Waals surface area contributed by atoms with Crippen LogP contribution in [0.25, 0.3) is 10.2 Å². The molecule has 10 heteroatoms. The number of fused-ring (bicyclic) bond motifs is 1. The minimum absolute atomic E-state index is 0.0178. The third-order valence-electron chi connectivity index (χ3n) is 4.89. The van der Waals surface area contributed by atoms with Gasteiger partial charge in [0.2, 0.25) is 5.91 Å². The van der Waals surface area contributed by atoms with E-state index in [1.54, 1.807) is 41.3 Å². The summed E-state index contributed by atoms with van der Waals surface area (Å²) in [6, 6.07) is 13.2. The highest BCUT2D eigenvalue weighted by molar-refractivity contribution is 7.92. The van der Waals surface area contributed by atoms with Gasteiger partial charge in [0, 0.05) is 31.7 Å². The minimum Gasteiger partial charge on any atom is -0.378 e. The van der Waals surface area contributed by atoms with E-state index in [-0.39, 0.29) is 28.6 Å². The molecule has 1 N–H and O–H groups in total. The fourth-order valence-corrected chi connectivity index (χ4v) is 5.44. The molecule has 30 heavy (non-hydrogen) atoms. The first-order valence-electron chi connectivity index (χ1n) is 9.51. The first-order valence-corrected chi connectivity index (χ1v) is 11.8. The maximum atomic E-state index is 12.7. The molecule has 0 radical (unpaired) electrons. The Balaban J connectivity index is 1.53. The summed E-state index contributed by atoms with van der Waals surface area (Å²) < 4.78 is 35.2. The second kappa shape index (κ2) is 8.58. The van der Waals surface area contributed by atoms with Crippen LogP contribution >= 0.6 is 11.3 Å². The number of sulfonamides is 1. The zero-order chi connectivity index (χ0) is 21.1. The van der Waals surface area contributed by atoms with E-state index in [2.05, 4.69) is 4.72 Å².